The number of hydrogen-bond acceptors (Lipinski definition) is 7. The number of nitrogens with one attached hydrogen (secondary N) is 2. The Bertz CT molecular complexity index is 865. The maximum Gasteiger partial charge on any atom is 0.421 e. The molecule has 2 heterocycles. The van der Waals surface area contributed by atoms with Gasteiger partial charge in [0, 0.05) is 50.3 Å². The Kier molecular flexibility index (Phi) is 7.55. The molecule has 0 spiro atoms. The number of halogens is 3. The second-order valence-electron chi connectivity index (χ2n) is 7.63. The van der Waals surface area contributed by atoms with Gasteiger partial charge in [0.15, 0.2) is 0 Å². The number of nitrogens with two attached hydrogens (primary N) is 1. The molecule has 1 aromatic heterocycles. The molecule has 1 fully saturated rings. The average molecular weight is 438 g/mol. The molecule has 10 heteroatoms. The third-order valence-electron chi connectivity index (χ3n) is 5.35. The van der Waals surface area contributed by atoms with Gasteiger partial charge < -0.3 is 26.2 Å². The number of piperazine rings is 1. The van der Waals surface area contributed by atoms with E-state index in [1.54, 1.807) is 0 Å². The van der Waals surface area contributed by atoms with Crippen molar-refractivity contribution in [2.45, 2.75) is 25.9 Å². The van der Waals surface area contributed by atoms with E-state index in [0.29, 0.717) is 19.5 Å². The largest absolute Gasteiger partial charge is 0.421 e. The number of anilines is 4. The molecule has 2 aromatic rings. The minimum Gasteiger partial charge on any atom is -0.369 e. The van der Waals surface area contributed by atoms with Gasteiger partial charge in [0.2, 0.25) is 5.95 Å². The van der Waals surface area contributed by atoms with Crippen molar-refractivity contribution in [1.82, 2.24) is 14.9 Å². The minimum absolute atomic E-state index is 0.116. The molecule has 0 atom stereocenters. The monoisotopic (exact) mass is 437 g/mol. The normalized spacial score (nSPS) is 15.2. The number of aromatic nitrogens is 2. The zero-order chi connectivity index (χ0) is 22.4. The van der Waals surface area contributed by atoms with Crippen LogP contribution >= 0.6 is 0 Å². The van der Waals surface area contributed by atoms with Gasteiger partial charge in [0.25, 0.3) is 0 Å². The molecular formula is C21H30F3N7. The molecule has 31 heavy (non-hydrogen) atoms. The van der Waals surface area contributed by atoms with Crippen molar-refractivity contribution in [3.8, 4) is 0 Å². The summed E-state index contributed by atoms with van der Waals surface area (Å²) in [6, 6.07) is 6.09. The van der Waals surface area contributed by atoms with E-state index in [1.807, 2.05) is 19.1 Å². The van der Waals surface area contributed by atoms with Gasteiger partial charge in [-0.1, -0.05) is 6.92 Å². The van der Waals surface area contributed by atoms with Gasteiger partial charge in [0.05, 0.1) is 0 Å². The van der Waals surface area contributed by atoms with Crippen molar-refractivity contribution >= 4 is 23.1 Å². The highest BCUT2D eigenvalue weighted by molar-refractivity contribution is 5.65. The minimum atomic E-state index is -4.54. The fourth-order valence-electron chi connectivity index (χ4n) is 3.47. The van der Waals surface area contributed by atoms with Crippen LogP contribution in [0.2, 0.25) is 0 Å². The molecule has 4 N–H and O–H groups in total. The van der Waals surface area contributed by atoms with Crippen molar-refractivity contribution in [3.63, 3.8) is 0 Å². The first kappa shape index (κ1) is 23.1. The van der Waals surface area contributed by atoms with E-state index >= 15 is 0 Å². The van der Waals surface area contributed by atoms with Crippen molar-refractivity contribution in [1.29, 1.82) is 0 Å². The lowest BCUT2D eigenvalue weighted by molar-refractivity contribution is -0.137. The lowest BCUT2D eigenvalue weighted by Crippen LogP contribution is -2.44. The quantitative estimate of drug-likeness (QED) is 0.547. The summed E-state index contributed by atoms with van der Waals surface area (Å²) < 4.78 is 39.9. The molecule has 1 aromatic carbocycles. The van der Waals surface area contributed by atoms with Crippen LogP contribution in [-0.2, 0) is 12.6 Å². The van der Waals surface area contributed by atoms with E-state index in [1.165, 1.54) is 0 Å². The molecule has 3 rings (SSSR count). The summed E-state index contributed by atoms with van der Waals surface area (Å²) in [5.41, 5.74) is 7.53. The van der Waals surface area contributed by atoms with Gasteiger partial charge in [-0.05, 0) is 50.2 Å². The summed E-state index contributed by atoms with van der Waals surface area (Å²) >= 11 is 0. The summed E-state index contributed by atoms with van der Waals surface area (Å²) in [7, 11) is 2.12. The summed E-state index contributed by atoms with van der Waals surface area (Å²) in [5, 5.41) is 5.82. The molecule has 1 aliphatic rings. The predicted octanol–water partition coefficient (Wildman–Crippen LogP) is 3.31. The third kappa shape index (κ3) is 5.98. The highest BCUT2D eigenvalue weighted by Crippen LogP contribution is 2.34. The zero-order valence-electron chi connectivity index (χ0n) is 18.0. The summed E-state index contributed by atoms with van der Waals surface area (Å²) in [4.78, 5) is 12.6. The summed E-state index contributed by atoms with van der Waals surface area (Å²) in [6.07, 6.45) is -2.42. The Hall–Kier alpha value is -2.59. The Morgan fingerprint density at radius 2 is 1.90 bits per heavy atom. The van der Waals surface area contributed by atoms with Crippen LogP contribution in [0.5, 0.6) is 0 Å². The van der Waals surface area contributed by atoms with Gasteiger partial charge in [-0.3, -0.25) is 0 Å². The van der Waals surface area contributed by atoms with Crippen molar-refractivity contribution < 1.29 is 13.2 Å². The van der Waals surface area contributed by atoms with Crippen LogP contribution in [0.3, 0.4) is 0 Å². The molecule has 0 unspecified atom stereocenters. The van der Waals surface area contributed by atoms with Crippen LogP contribution in [0.25, 0.3) is 0 Å². The first-order valence-corrected chi connectivity index (χ1v) is 10.5. The third-order valence-corrected chi connectivity index (χ3v) is 5.35. The summed E-state index contributed by atoms with van der Waals surface area (Å²) in [6.45, 7) is 6.68. The molecule has 0 bridgehead atoms. The molecule has 170 valence electrons. The topological polar surface area (TPSA) is 82.3 Å². The van der Waals surface area contributed by atoms with Crippen LogP contribution < -0.4 is 21.3 Å². The van der Waals surface area contributed by atoms with E-state index in [-0.39, 0.29) is 11.8 Å². The van der Waals surface area contributed by atoms with E-state index < -0.39 is 11.7 Å². The van der Waals surface area contributed by atoms with Crippen LogP contribution in [0.4, 0.5) is 36.3 Å². The average Bonchev–Trinajstić information content (AvgIpc) is 2.74. The van der Waals surface area contributed by atoms with Gasteiger partial charge in [0.1, 0.15) is 11.4 Å². The first-order valence-electron chi connectivity index (χ1n) is 10.5. The number of hydrogen-bond donors (Lipinski definition) is 3. The Morgan fingerprint density at radius 3 is 2.55 bits per heavy atom. The highest BCUT2D eigenvalue weighted by atomic mass is 19.4. The Balaban J connectivity index is 1.81. The number of nitrogens with zero attached hydrogens (tertiary/aromatic N) is 4. The highest BCUT2D eigenvalue weighted by Gasteiger charge is 2.35. The summed E-state index contributed by atoms with van der Waals surface area (Å²) in [5.74, 6) is -0.129. The molecule has 0 radical (unpaired) electrons. The smallest absolute Gasteiger partial charge is 0.369 e. The molecule has 1 aliphatic heterocycles. The number of rotatable bonds is 8. The van der Waals surface area contributed by atoms with Gasteiger partial charge in [-0.2, -0.15) is 18.2 Å². The van der Waals surface area contributed by atoms with Crippen molar-refractivity contribution in [2.24, 2.45) is 5.73 Å². The van der Waals surface area contributed by atoms with E-state index in [9.17, 15) is 13.2 Å². The standard InChI is InChI=1S/C21H30F3N7/c1-3-15-13-16(31-11-9-30(2)10-12-31)5-6-18(15)28-20-27-14-17(21(22,23)24)19(29-20)26-8-4-7-25/h5-6,13-14H,3-4,7-12,25H2,1-2H3,(H2,26,27,28,29). The first-order chi connectivity index (χ1) is 14.8. The number of benzene rings is 1. The molecule has 0 aliphatic carbocycles. The van der Waals surface area contributed by atoms with Gasteiger partial charge >= 0.3 is 6.18 Å². The molecule has 0 saturated carbocycles. The molecule has 0 amide bonds. The van der Waals surface area contributed by atoms with Crippen molar-refractivity contribution in [2.75, 3.05) is 61.8 Å². The van der Waals surface area contributed by atoms with Crippen LogP contribution in [0.15, 0.2) is 24.4 Å². The van der Waals surface area contributed by atoms with E-state index in [0.717, 1.165) is 55.7 Å². The maximum atomic E-state index is 13.3. The molecule has 1 saturated heterocycles. The second-order valence-corrected chi connectivity index (χ2v) is 7.63. The van der Waals surface area contributed by atoms with Gasteiger partial charge in [-0.15, -0.1) is 0 Å². The van der Waals surface area contributed by atoms with Crippen molar-refractivity contribution in [3.05, 3.63) is 35.5 Å². The Morgan fingerprint density at radius 1 is 1.16 bits per heavy atom. The number of alkyl halides is 3. The Labute approximate surface area is 180 Å². The van der Waals surface area contributed by atoms with Gasteiger partial charge in [-0.25, -0.2) is 4.98 Å². The van der Waals surface area contributed by atoms with Crippen LogP contribution in [0.1, 0.15) is 24.5 Å². The number of aryl methyl sites for hydroxylation is 1. The van der Waals surface area contributed by atoms with Crippen LogP contribution in [0, 0.1) is 0 Å². The van der Waals surface area contributed by atoms with E-state index in [2.05, 4.69) is 43.5 Å². The molecule has 7 nitrogen and oxygen atoms in total. The zero-order valence-corrected chi connectivity index (χ0v) is 18.0. The molecular weight excluding hydrogens is 407 g/mol. The lowest BCUT2D eigenvalue weighted by Gasteiger charge is -2.34. The fraction of sp³-hybridized carbons (Fsp3) is 0.524. The second kappa shape index (κ2) is 10.1. The lowest BCUT2D eigenvalue weighted by atomic mass is 10.1. The van der Waals surface area contributed by atoms with E-state index in [4.69, 9.17) is 5.73 Å². The predicted molar refractivity (Wildman–Crippen MR) is 118 cm³/mol. The maximum absolute atomic E-state index is 13.3. The SMILES string of the molecule is CCc1cc(N2CCN(C)CC2)ccc1Nc1ncc(C(F)(F)F)c(NCCCN)n1. The van der Waals surface area contributed by atoms with Crippen LogP contribution in [-0.4, -0.2) is 61.2 Å². The fourth-order valence-corrected chi connectivity index (χ4v) is 3.47. The number of likely N-dealkylation sites (N-methyl/N-ethyl adjacent to an activating group) is 1.